The largest absolute Gasteiger partial charge is 0.341 e. The third-order valence-electron chi connectivity index (χ3n) is 3.95. The lowest BCUT2D eigenvalue weighted by Crippen LogP contribution is -2.30. The van der Waals surface area contributed by atoms with Crippen molar-refractivity contribution in [3.05, 3.63) is 41.2 Å². The highest BCUT2D eigenvalue weighted by Gasteiger charge is 2.15. The van der Waals surface area contributed by atoms with Gasteiger partial charge >= 0.3 is 0 Å². The molecule has 1 aromatic carbocycles. The maximum Gasteiger partial charge on any atom is 0.257 e. The predicted octanol–water partition coefficient (Wildman–Crippen LogP) is 4.09. The normalized spacial score (nSPS) is 14.5. The first kappa shape index (κ1) is 17.0. The predicted molar refractivity (Wildman–Crippen MR) is 99.3 cm³/mol. The fourth-order valence-corrected chi connectivity index (χ4v) is 3.29. The lowest BCUT2D eigenvalue weighted by molar-refractivity contribution is 0.102. The number of carbonyl (C=O) groups excluding carboxylic acids is 1. The van der Waals surface area contributed by atoms with Gasteiger partial charge in [0.15, 0.2) is 0 Å². The molecule has 3 rings (SSSR count). The molecule has 0 atom stereocenters. The lowest BCUT2D eigenvalue weighted by atomic mass is 10.1. The van der Waals surface area contributed by atoms with E-state index in [1.165, 1.54) is 19.3 Å². The highest BCUT2D eigenvalue weighted by Crippen LogP contribution is 2.24. The van der Waals surface area contributed by atoms with Crippen LogP contribution in [0.5, 0.6) is 0 Å². The van der Waals surface area contributed by atoms with Gasteiger partial charge in [-0.25, -0.2) is 9.97 Å². The molecule has 1 aliphatic heterocycles. The summed E-state index contributed by atoms with van der Waals surface area (Å²) in [4.78, 5) is 24.3. The van der Waals surface area contributed by atoms with Gasteiger partial charge in [-0.1, -0.05) is 11.6 Å². The van der Waals surface area contributed by atoms with Gasteiger partial charge in [0.2, 0.25) is 5.95 Å². The van der Waals surface area contributed by atoms with Crippen LogP contribution in [-0.4, -0.2) is 35.2 Å². The average molecular weight is 363 g/mol. The van der Waals surface area contributed by atoms with Crippen molar-refractivity contribution in [2.75, 3.05) is 29.6 Å². The molecule has 5 nitrogen and oxygen atoms in total. The summed E-state index contributed by atoms with van der Waals surface area (Å²) in [6.07, 6.45) is 8.85. The Balaban J connectivity index is 1.70. The number of carbonyl (C=O) groups is 1. The number of nitrogens with one attached hydrogen (secondary N) is 1. The van der Waals surface area contributed by atoms with Gasteiger partial charge in [0.05, 0.1) is 28.7 Å². The summed E-state index contributed by atoms with van der Waals surface area (Å²) in [5.41, 5.74) is 1.01. The summed E-state index contributed by atoms with van der Waals surface area (Å²) in [6, 6.07) is 5.41. The summed E-state index contributed by atoms with van der Waals surface area (Å²) < 4.78 is 0. The molecule has 0 radical (unpaired) electrons. The number of amides is 1. The smallest absolute Gasteiger partial charge is 0.257 e. The number of halogens is 1. The fourth-order valence-electron chi connectivity index (χ4n) is 2.65. The minimum absolute atomic E-state index is 0.259. The molecule has 1 N–H and O–H groups in total. The van der Waals surface area contributed by atoms with Crippen molar-refractivity contribution in [2.24, 2.45) is 0 Å². The zero-order chi connectivity index (χ0) is 16.9. The second-order valence-electron chi connectivity index (χ2n) is 5.62. The van der Waals surface area contributed by atoms with Crippen LogP contribution in [0, 0.1) is 0 Å². The van der Waals surface area contributed by atoms with E-state index in [4.69, 9.17) is 11.6 Å². The molecule has 24 heavy (non-hydrogen) atoms. The Bertz CT molecular complexity index is 717. The number of nitrogens with zero attached hydrogens (tertiary/aromatic N) is 3. The van der Waals surface area contributed by atoms with E-state index in [0.29, 0.717) is 16.3 Å². The zero-order valence-corrected chi connectivity index (χ0v) is 15.0. The van der Waals surface area contributed by atoms with E-state index >= 15 is 0 Å². The Labute approximate surface area is 150 Å². The Morgan fingerprint density at radius 2 is 1.92 bits per heavy atom. The zero-order valence-electron chi connectivity index (χ0n) is 13.5. The Morgan fingerprint density at radius 1 is 1.21 bits per heavy atom. The molecule has 126 valence electrons. The standard InChI is InChI=1S/C17H19ClN4OS/c1-24-13-5-6-15(18)14(9-13)16(23)21-12-10-19-17(20-11-12)22-7-3-2-4-8-22/h5-6,9-11H,2-4,7-8H2,1H3,(H,21,23). The Morgan fingerprint density at radius 3 is 2.58 bits per heavy atom. The first-order chi connectivity index (χ1) is 11.7. The average Bonchev–Trinajstić information content (AvgIpc) is 2.63. The van der Waals surface area contributed by atoms with Crippen LogP contribution in [0.4, 0.5) is 11.6 Å². The van der Waals surface area contributed by atoms with Crippen LogP contribution in [0.1, 0.15) is 29.6 Å². The molecule has 0 spiro atoms. The van der Waals surface area contributed by atoms with Crippen molar-refractivity contribution in [2.45, 2.75) is 24.2 Å². The Hall–Kier alpha value is -1.79. The first-order valence-corrected chi connectivity index (χ1v) is 9.49. The van der Waals surface area contributed by atoms with Gasteiger partial charge in [-0.3, -0.25) is 4.79 Å². The summed E-state index contributed by atoms with van der Waals surface area (Å²) in [5.74, 6) is 0.459. The number of aromatic nitrogens is 2. The SMILES string of the molecule is CSc1ccc(Cl)c(C(=O)Nc2cnc(N3CCCCC3)nc2)c1. The molecule has 1 fully saturated rings. The molecular formula is C17H19ClN4OS. The molecule has 1 amide bonds. The first-order valence-electron chi connectivity index (χ1n) is 7.89. The number of benzene rings is 1. The van der Waals surface area contributed by atoms with Crippen molar-refractivity contribution in [1.82, 2.24) is 9.97 Å². The van der Waals surface area contributed by atoms with Crippen LogP contribution in [0.15, 0.2) is 35.5 Å². The molecule has 1 aromatic heterocycles. The summed E-state index contributed by atoms with van der Waals surface area (Å²) in [7, 11) is 0. The summed E-state index contributed by atoms with van der Waals surface area (Å²) in [5, 5.41) is 3.23. The third kappa shape index (κ3) is 3.99. The molecule has 7 heteroatoms. The van der Waals surface area contributed by atoms with Gasteiger partial charge in [-0.05, 0) is 43.7 Å². The highest BCUT2D eigenvalue weighted by molar-refractivity contribution is 7.98. The van der Waals surface area contributed by atoms with Crippen LogP contribution in [0.2, 0.25) is 5.02 Å². The molecule has 0 aliphatic carbocycles. The maximum absolute atomic E-state index is 12.4. The fraction of sp³-hybridized carbons (Fsp3) is 0.353. The number of rotatable bonds is 4. The van der Waals surface area contributed by atoms with Crippen molar-refractivity contribution in [3.63, 3.8) is 0 Å². The van der Waals surface area contributed by atoms with E-state index in [1.807, 2.05) is 12.3 Å². The highest BCUT2D eigenvalue weighted by atomic mass is 35.5. The van der Waals surface area contributed by atoms with E-state index in [2.05, 4.69) is 20.2 Å². The van der Waals surface area contributed by atoms with Crippen molar-refractivity contribution in [1.29, 1.82) is 0 Å². The van der Waals surface area contributed by atoms with Crippen LogP contribution >= 0.6 is 23.4 Å². The van der Waals surface area contributed by atoms with Crippen LogP contribution in [-0.2, 0) is 0 Å². The van der Waals surface area contributed by atoms with Crippen LogP contribution in [0.3, 0.4) is 0 Å². The summed E-state index contributed by atoms with van der Waals surface area (Å²) >= 11 is 7.70. The number of piperidine rings is 1. The van der Waals surface area contributed by atoms with Crippen LogP contribution in [0.25, 0.3) is 0 Å². The number of anilines is 2. The molecule has 2 heterocycles. The van der Waals surface area contributed by atoms with Gasteiger partial charge in [0.1, 0.15) is 0 Å². The molecule has 2 aromatic rings. The van der Waals surface area contributed by atoms with E-state index in [-0.39, 0.29) is 5.91 Å². The van der Waals surface area contributed by atoms with Gasteiger partial charge in [-0.2, -0.15) is 0 Å². The monoisotopic (exact) mass is 362 g/mol. The quantitative estimate of drug-likeness (QED) is 0.830. The number of thioether (sulfide) groups is 1. The van der Waals surface area contributed by atoms with Crippen molar-refractivity contribution >= 4 is 40.9 Å². The Kier molecular flexibility index (Phi) is 5.58. The van der Waals surface area contributed by atoms with E-state index in [0.717, 1.165) is 23.9 Å². The van der Waals surface area contributed by atoms with E-state index in [9.17, 15) is 4.79 Å². The van der Waals surface area contributed by atoms with Gasteiger partial charge in [0.25, 0.3) is 5.91 Å². The number of hydrogen-bond donors (Lipinski definition) is 1. The topological polar surface area (TPSA) is 58.1 Å². The molecule has 1 aliphatic rings. The third-order valence-corrected chi connectivity index (χ3v) is 5.01. The van der Waals surface area contributed by atoms with E-state index in [1.54, 1.807) is 36.3 Å². The number of hydrogen-bond acceptors (Lipinski definition) is 5. The molecular weight excluding hydrogens is 344 g/mol. The van der Waals surface area contributed by atoms with Crippen molar-refractivity contribution < 1.29 is 4.79 Å². The lowest BCUT2D eigenvalue weighted by Gasteiger charge is -2.26. The minimum Gasteiger partial charge on any atom is -0.341 e. The second-order valence-corrected chi connectivity index (χ2v) is 6.91. The molecule has 0 saturated carbocycles. The maximum atomic E-state index is 12.4. The molecule has 0 unspecified atom stereocenters. The van der Waals surface area contributed by atoms with Gasteiger partial charge in [-0.15, -0.1) is 11.8 Å². The summed E-state index contributed by atoms with van der Waals surface area (Å²) in [6.45, 7) is 1.98. The van der Waals surface area contributed by atoms with Gasteiger partial charge in [0, 0.05) is 18.0 Å². The minimum atomic E-state index is -0.259. The molecule has 1 saturated heterocycles. The molecule has 0 bridgehead atoms. The second kappa shape index (κ2) is 7.85. The van der Waals surface area contributed by atoms with E-state index < -0.39 is 0 Å². The van der Waals surface area contributed by atoms with Crippen LogP contribution < -0.4 is 10.2 Å². The van der Waals surface area contributed by atoms with Crippen molar-refractivity contribution in [3.8, 4) is 0 Å². The van der Waals surface area contributed by atoms with Gasteiger partial charge < -0.3 is 10.2 Å².